The van der Waals surface area contributed by atoms with Gasteiger partial charge in [0.05, 0.1) is 18.5 Å². The number of benzene rings is 1. The molecule has 0 unspecified atom stereocenters. The molecule has 0 spiro atoms. The number of likely N-dealkylation sites (tertiary alicyclic amines) is 1. The first-order valence-corrected chi connectivity index (χ1v) is 7.53. The Morgan fingerprint density at radius 3 is 2.25 bits per heavy atom. The molecule has 3 rings (SSSR count). The molecular formula is C16H20ClNO2. The van der Waals surface area contributed by atoms with Crippen LogP contribution in [-0.4, -0.2) is 34.6 Å². The van der Waals surface area contributed by atoms with Gasteiger partial charge in [-0.15, -0.1) is 0 Å². The van der Waals surface area contributed by atoms with Crippen molar-refractivity contribution in [1.82, 2.24) is 4.90 Å². The van der Waals surface area contributed by atoms with Crippen LogP contribution in [0.25, 0.3) is 0 Å². The second-order valence-electron chi connectivity index (χ2n) is 6.51. The van der Waals surface area contributed by atoms with E-state index in [1.807, 2.05) is 38.1 Å². The van der Waals surface area contributed by atoms with E-state index < -0.39 is 5.60 Å². The van der Waals surface area contributed by atoms with E-state index in [0.29, 0.717) is 18.1 Å². The quantitative estimate of drug-likeness (QED) is 0.930. The normalized spacial score (nSPS) is 22.6. The third-order valence-corrected chi connectivity index (χ3v) is 5.10. The van der Waals surface area contributed by atoms with Crippen molar-refractivity contribution in [3.8, 4) is 0 Å². The lowest BCUT2D eigenvalue weighted by Crippen LogP contribution is -2.67. The second kappa shape index (κ2) is 4.47. The number of carbonyl (C=O) groups is 1. The molecule has 1 amide bonds. The van der Waals surface area contributed by atoms with Crippen molar-refractivity contribution in [2.24, 2.45) is 5.92 Å². The van der Waals surface area contributed by atoms with Crippen molar-refractivity contribution in [2.45, 2.75) is 37.7 Å². The van der Waals surface area contributed by atoms with Gasteiger partial charge in [-0.1, -0.05) is 37.6 Å². The van der Waals surface area contributed by atoms with Crippen LogP contribution in [-0.2, 0) is 10.2 Å². The summed E-state index contributed by atoms with van der Waals surface area (Å²) in [4.78, 5) is 14.5. The molecule has 1 saturated carbocycles. The van der Waals surface area contributed by atoms with Crippen LogP contribution in [0.4, 0.5) is 0 Å². The van der Waals surface area contributed by atoms with E-state index in [-0.39, 0.29) is 17.2 Å². The Labute approximate surface area is 124 Å². The lowest BCUT2D eigenvalue weighted by molar-refractivity contribution is -0.166. The Morgan fingerprint density at radius 2 is 1.80 bits per heavy atom. The molecule has 1 heterocycles. The van der Waals surface area contributed by atoms with E-state index in [2.05, 4.69) is 0 Å². The molecule has 108 valence electrons. The number of rotatable bonds is 3. The van der Waals surface area contributed by atoms with Crippen LogP contribution in [0.3, 0.4) is 0 Å². The van der Waals surface area contributed by atoms with Gasteiger partial charge in [0.2, 0.25) is 5.91 Å². The van der Waals surface area contributed by atoms with Gasteiger partial charge in [-0.2, -0.15) is 0 Å². The molecule has 2 fully saturated rings. The Morgan fingerprint density at radius 1 is 1.25 bits per heavy atom. The number of halogens is 1. The molecule has 1 N–H and O–H groups in total. The summed E-state index contributed by atoms with van der Waals surface area (Å²) in [6, 6.07) is 7.57. The zero-order chi connectivity index (χ0) is 14.5. The molecule has 1 aromatic carbocycles. The van der Waals surface area contributed by atoms with Crippen LogP contribution in [0.15, 0.2) is 24.3 Å². The lowest BCUT2D eigenvalue weighted by atomic mass is 9.81. The average Bonchev–Trinajstić information content (AvgIpc) is 3.16. The SMILES string of the molecule is CC(C)C1(O)CN(C(=O)C2(c3ccc(Cl)cc3)CC2)C1. The largest absolute Gasteiger partial charge is 0.386 e. The Balaban J connectivity index is 1.74. The fraction of sp³-hybridized carbons (Fsp3) is 0.562. The topological polar surface area (TPSA) is 40.5 Å². The maximum absolute atomic E-state index is 12.7. The summed E-state index contributed by atoms with van der Waals surface area (Å²) in [6.45, 7) is 4.90. The maximum Gasteiger partial charge on any atom is 0.233 e. The molecule has 2 aliphatic rings. The van der Waals surface area contributed by atoms with Crippen molar-refractivity contribution in [2.75, 3.05) is 13.1 Å². The fourth-order valence-electron chi connectivity index (χ4n) is 2.95. The summed E-state index contributed by atoms with van der Waals surface area (Å²) in [5.41, 5.74) is -0.0128. The molecule has 1 aliphatic carbocycles. The van der Waals surface area contributed by atoms with Crippen molar-refractivity contribution in [3.63, 3.8) is 0 Å². The summed E-state index contributed by atoms with van der Waals surface area (Å²) >= 11 is 5.91. The van der Waals surface area contributed by atoms with Crippen LogP contribution in [0.5, 0.6) is 0 Å². The van der Waals surface area contributed by atoms with Gasteiger partial charge >= 0.3 is 0 Å². The van der Waals surface area contributed by atoms with Gasteiger partial charge in [-0.05, 0) is 36.5 Å². The molecule has 4 heteroatoms. The number of β-amino-alcohol motifs (C(OH)–C–C–N with tert-alkyl or cyclic N) is 1. The Hall–Kier alpha value is -1.06. The van der Waals surface area contributed by atoms with Gasteiger partial charge in [0, 0.05) is 5.02 Å². The minimum atomic E-state index is -0.703. The highest BCUT2D eigenvalue weighted by Crippen LogP contribution is 2.51. The van der Waals surface area contributed by atoms with Crippen molar-refractivity contribution < 1.29 is 9.90 Å². The zero-order valence-electron chi connectivity index (χ0n) is 11.9. The zero-order valence-corrected chi connectivity index (χ0v) is 12.7. The minimum absolute atomic E-state index is 0.158. The first-order chi connectivity index (χ1) is 9.37. The summed E-state index contributed by atoms with van der Waals surface area (Å²) < 4.78 is 0. The fourth-order valence-corrected chi connectivity index (χ4v) is 3.07. The number of aliphatic hydroxyl groups is 1. The molecule has 20 heavy (non-hydrogen) atoms. The van der Waals surface area contributed by atoms with E-state index in [1.165, 1.54) is 0 Å². The molecular weight excluding hydrogens is 274 g/mol. The molecule has 0 bridgehead atoms. The van der Waals surface area contributed by atoms with Gasteiger partial charge in [0.1, 0.15) is 5.60 Å². The van der Waals surface area contributed by atoms with Gasteiger partial charge in [-0.3, -0.25) is 4.79 Å². The van der Waals surface area contributed by atoms with Crippen LogP contribution in [0.1, 0.15) is 32.3 Å². The van der Waals surface area contributed by atoms with Crippen LogP contribution < -0.4 is 0 Å². The number of amides is 1. The van der Waals surface area contributed by atoms with Crippen LogP contribution in [0, 0.1) is 5.92 Å². The van der Waals surface area contributed by atoms with Gasteiger partial charge in [0.15, 0.2) is 0 Å². The van der Waals surface area contributed by atoms with E-state index in [1.54, 1.807) is 4.90 Å². The van der Waals surface area contributed by atoms with Gasteiger partial charge < -0.3 is 10.0 Å². The number of hydrogen-bond acceptors (Lipinski definition) is 2. The van der Waals surface area contributed by atoms with Crippen LogP contribution >= 0.6 is 11.6 Å². The Kier molecular flexibility index (Phi) is 3.11. The highest BCUT2D eigenvalue weighted by Gasteiger charge is 2.57. The number of nitrogens with zero attached hydrogens (tertiary/aromatic N) is 1. The summed E-state index contributed by atoms with van der Waals surface area (Å²) in [5, 5.41) is 11.0. The maximum atomic E-state index is 12.7. The number of hydrogen-bond donors (Lipinski definition) is 1. The monoisotopic (exact) mass is 293 g/mol. The second-order valence-corrected chi connectivity index (χ2v) is 6.94. The van der Waals surface area contributed by atoms with E-state index in [9.17, 15) is 9.90 Å². The lowest BCUT2D eigenvalue weighted by Gasteiger charge is -2.50. The first-order valence-electron chi connectivity index (χ1n) is 7.15. The third kappa shape index (κ3) is 2.04. The molecule has 0 radical (unpaired) electrons. The van der Waals surface area contributed by atoms with Crippen molar-refractivity contribution >= 4 is 17.5 Å². The summed E-state index contributed by atoms with van der Waals surface area (Å²) in [7, 11) is 0. The predicted molar refractivity (Wildman–Crippen MR) is 78.7 cm³/mol. The minimum Gasteiger partial charge on any atom is -0.386 e. The Bertz CT molecular complexity index is 528. The first kappa shape index (κ1) is 13.9. The van der Waals surface area contributed by atoms with Gasteiger partial charge in [0.25, 0.3) is 0 Å². The smallest absolute Gasteiger partial charge is 0.233 e. The molecule has 0 atom stereocenters. The summed E-state index contributed by atoms with van der Waals surface area (Å²) in [6.07, 6.45) is 1.79. The van der Waals surface area contributed by atoms with Crippen molar-refractivity contribution in [3.05, 3.63) is 34.9 Å². The van der Waals surface area contributed by atoms with Crippen LogP contribution in [0.2, 0.25) is 5.02 Å². The molecule has 1 aliphatic heterocycles. The third-order valence-electron chi connectivity index (χ3n) is 4.85. The van der Waals surface area contributed by atoms with E-state index in [0.717, 1.165) is 18.4 Å². The number of carbonyl (C=O) groups excluding carboxylic acids is 1. The highest BCUT2D eigenvalue weighted by atomic mass is 35.5. The molecule has 0 aromatic heterocycles. The average molecular weight is 294 g/mol. The molecule has 1 aromatic rings. The van der Waals surface area contributed by atoms with E-state index >= 15 is 0 Å². The summed E-state index contributed by atoms with van der Waals surface area (Å²) in [5.74, 6) is 0.336. The van der Waals surface area contributed by atoms with Gasteiger partial charge in [-0.25, -0.2) is 0 Å². The molecule has 1 saturated heterocycles. The predicted octanol–water partition coefficient (Wildman–Crippen LogP) is 2.60. The molecule has 3 nitrogen and oxygen atoms in total. The standard InChI is InChI=1S/C16H20ClNO2/c1-11(2)16(20)9-18(10-16)14(19)15(7-8-15)12-3-5-13(17)6-4-12/h3-6,11,20H,7-10H2,1-2H3. The van der Waals surface area contributed by atoms with E-state index in [4.69, 9.17) is 11.6 Å². The highest BCUT2D eigenvalue weighted by molar-refractivity contribution is 6.30. The van der Waals surface area contributed by atoms with Crippen molar-refractivity contribution in [1.29, 1.82) is 0 Å².